The molecule has 0 aromatic heterocycles. The summed E-state index contributed by atoms with van der Waals surface area (Å²) in [5.41, 5.74) is 1.09. The summed E-state index contributed by atoms with van der Waals surface area (Å²) in [7, 11) is 1.65. The quantitative estimate of drug-likeness (QED) is 0.886. The Morgan fingerprint density at radius 2 is 1.89 bits per heavy atom. The van der Waals surface area contributed by atoms with Crippen LogP contribution in [0, 0.1) is 0 Å². The summed E-state index contributed by atoms with van der Waals surface area (Å²) in [5.74, 6) is 0.156. The van der Waals surface area contributed by atoms with Crippen molar-refractivity contribution >= 4 is 16.7 Å². The first-order valence-electron chi connectivity index (χ1n) is 6.43. The highest BCUT2D eigenvalue weighted by atomic mass is 16.5. The van der Waals surface area contributed by atoms with Crippen LogP contribution in [-0.2, 0) is 4.79 Å². The maximum Gasteiger partial charge on any atom is 0.303 e. The number of carbonyl (C=O) groups is 1. The smallest absolute Gasteiger partial charge is 0.303 e. The highest BCUT2D eigenvalue weighted by molar-refractivity contribution is 5.84. The van der Waals surface area contributed by atoms with Crippen LogP contribution in [-0.4, -0.2) is 18.2 Å². The molecule has 0 saturated carbocycles. The van der Waals surface area contributed by atoms with Crippen molar-refractivity contribution in [2.45, 2.75) is 25.7 Å². The van der Waals surface area contributed by atoms with Gasteiger partial charge < -0.3 is 9.84 Å². The molecular formula is C16H18O3. The van der Waals surface area contributed by atoms with E-state index in [1.165, 1.54) is 0 Å². The van der Waals surface area contributed by atoms with Crippen LogP contribution >= 0.6 is 0 Å². The Morgan fingerprint density at radius 3 is 2.53 bits per heavy atom. The first-order valence-corrected chi connectivity index (χ1v) is 6.43. The minimum atomic E-state index is -0.748. The number of ether oxygens (including phenoxy) is 1. The number of aliphatic carboxylic acids is 1. The number of methoxy groups -OCH3 is 1. The first kappa shape index (κ1) is 13.4. The van der Waals surface area contributed by atoms with Crippen molar-refractivity contribution < 1.29 is 14.6 Å². The Labute approximate surface area is 112 Å². The third kappa shape index (κ3) is 3.05. The lowest BCUT2D eigenvalue weighted by atomic mass is 9.91. The normalized spacial score (nSPS) is 12.3. The van der Waals surface area contributed by atoms with Crippen LogP contribution in [0.25, 0.3) is 10.8 Å². The molecule has 0 spiro atoms. The number of hydrogen-bond donors (Lipinski definition) is 1. The number of carboxylic acid groups (broad SMARTS) is 1. The van der Waals surface area contributed by atoms with Crippen molar-refractivity contribution in [1.82, 2.24) is 0 Å². The third-order valence-corrected chi connectivity index (χ3v) is 3.46. The van der Waals surface area contributed by atoms with Crippen molar-refractivity contribution in [3.8, 4) is 5.75 Å². The molecule has 0 fully saturated rings. The van der Waals surface area contributed by atoms with Gasteiger partial charge in [-0.3, -0.25) is 4.79 Å². The van der Waals surface area contributed by atoms with Crippen molar-refractivity contribution in [2.75, 3.05) is 7.11 Å². The Morgan fingerprint density at radius 1 is 1.21 bits per heavy atom. The van der Waals surface area contributed by atoms with Gasteiger partial charge in [0.25, 0.3) is 0 Å². The minimum absolute atomic E-state index is 0.0731. The molecule has 19 heavy (non-hydrogen) atoms. The molecule has 100 valence electrons. The SMILES string of the molecule is CC[C@@H](CC(=O)O)c1ccc2cc(OC)ccc2c1. The van der Waals surface area contributed by atoms with Gasteiger partial charge in [-0.25, -0.2) is 0 Å². The van der Waals surface area contributed by atoms with E-state index in [0.29, 0.717) is 0 Å². The average molecular weight is 258 g/mol. The van der Waals surface area contributed by atoms with Crippen LogP contribution in [0.5, 0.6) is 5.75 Å². The second kappa shape index (κ2) is 5.74. The van der Waals surface area contributed by atoms with E-state index in [1.807, 2.05) is 37.3 Å². The van der Waals surface area contributed by atoms with E-state index in [-0.39, 0.29) is 12.3 Å². The number of benzene rings is 2. The fourth-order valence-electron chi connectivity index (χ4n) is 2.33. The molecule has 2 aromatic rings. The fraction of sp³-hybridized carbons (Fsp3) is 0.312. The van der Waals surface area contributed by atoms with E-state index in [4.69, 9.17) is 9.84 Å². The summed E-state index contributed by atoms with van der Waals surface area (Å²) in [6, 6.07) is 12.0. The maximum absolute atomic E-state index is 10.9. The summed E-state index contributed by atoms with van der Waals surface area (Å²) in [6.45, 7) is 2.02. The van der Waals surface area contributed by atoms with Gasteiger partial charge in [-0.1, -0.05) is 31.2 Å². The zero-order chi connectivity index (χ0) is 13.8. The molecule has 0 radical (unpaired) electrons. The highest BCUT2D eigenvalue weighted by Gasteiger charge is 2.13. The van der Waals surface area contributed by atoms with E-state index in [9.17, 15) is 4.79 Å². The topological polar surface area (TPSA) is 46.5 Å². The molecule has 0 heterocycles. The molecule has 0 aliphatic heterocycles. The van der Waals surface area contributed by atoms with E-state index in [0.717, 1.165) is 28.5 Å². The van der Waals surface area contributed by atoms with E-state index in [1.54, 1.807) is 7.11 Å². The Kier molecular flexibility index (Phi) is 4.05. The predicted octanol–water partition coefficient (Wildman–Crippen LogP) is 3.82. The molecule has 0 aliphatic rings. The van der Waals surface area contributed by atoms with Crippen LogP contribution in [0.2, 0.25) is 0 Å². The predicted molar refractivity (Wildman–Crippen MR) is 75.8 cm³/mol. The average Bonchev–Trinajstić information content (AvgIpc) is 2.43. The van der Waals surface area contributed by atoms with Crippen LogP contribution in [0.1, 0.15) is 31.2 Å². The van der Waals surface area contributed by atoms with Crippen LogP contribution in [0.3, 0.4) is 0 Å². The lowest BCUT2D eigenvalue weighted by molar-refractivity contribution is -0.137. The zero-order valence-corrected chi connectivity index (χ0v) is 11.2. The van der Waals surface area contributed by atoms with Crippen molar-refractivity contribution in [1.29, 1.82) is 0 Å². The van der Waals surface area contributed by atoms with Gasteiger partial charge in [-0.15, -0.1) is 0 Å². The molecule has 0 aliphatic carbocycles. The van der Waals surface area contributed by atoms with E-state index >= 15 is 0 Å². The molecule has 3 nitrogen and oxygen atoms in total. The largest absolute Gasteiger partial charge is 0.497 e. The lowest BCUT2D eigenvalue weighted by Gasteiger charge is -2.14. The zero-order valence-electron chi connectivity index (χ0n) is 11.2. The van der Waals surface area contributed by atoms with Crippen molar-refractivity contribution in [3.05, 3.63) is 42.0 Å². The molecule has 1 N–H and O–H groups in total. The van der Waals surface area contributed by atoms with Gasteiger partial charge in [0.15, 0.2) is 0 Å². The summed E-state index contributed by atoms with van der Waals surface area (Å²) in [6.07, 6.45) is 1.01. The summed E-state index contributed by atoms with van der Waals surface area (Å²) < 4.78 is 5.20. The highest BCUT2D eigenvalue weighted by Crippen LogP contribution is 2.28. The van der Waals surface area contributed by atoms with Gasteiger partial charge in [-0.2, -0.15) is 0 Å². The minimum Gasteiger partial charge on any atom is -0.497 e. The molecule has 0 amide bonds. The van der Waals surface area contributed by atoms with Crippen LogP contribution < -0.4 is 4.74 Å². The standard InChI is InChI=1S/C16H18O3/c1-3-11(10-16(17)18)12-4-5-14-9-15(19-2)7-6-13(14)8-12/h4-9,11H,3,10H2,1-2H3,(H,17,18)/t11-/m0/s1. The number of fused-ring (bicyclic) bond motifs is 1. The number of hydrogen-bond acceptors (Lipinski definition) is 2. The van der Waals surface area contributed by atoms with Crippen LogP contribution in [0.4, 0.5) is 0 Å². The van der Waals surface area contributed by atoms with Gasteiger partial charge >= 0.3 is 5.97 Å². The molecule has 3 heteroatoms. The molecule has 0 saturated heterocycles. The van der Waals surface area contributed by atoms with E-state index in [2.05, 4.69) is 6.07 Å². The van der Waals surface area contributed by atoms with Gasteiger partial charge in [0.1, 0.15) is 5.75 Å². The summed E-state index contributed by atoms with van der Waals surface area (Å²) in [4.78, 5) is 10.9. The van der Waals surface area contributed by atoms with Crippen LogP contribution in [0.15, 0.2) is 36.4 Å². The van der Waals surface area contributed by atoms with Gasteiger partial charge in [0, 0.05) is 0 Å². The Hall–Kier alpha value is -2.03. The van der Waals surface area contributed by atoms with Crippen molar-refractivity contribution in [3.63, 3.8) is 0 Å². The van der Waals surface area contributed by atoms with Gasteiger partial charge in [-0.05, 0) is 40.8 Å². The van der Waals surface area contributed by atoms with E-state index < -0.39 is 5.97 Å². The second-order valence-electron chi connectivity index (χ2n) is 4.68. The van der Waals surface area contributed by atoms with Gasteiger partial charge in [0.05, 0.1) is 13.5 Å². The van der Waals surface area contributed by atoms with Crippen molar-refractivity contribution in [2.24, 2.45) is 0 Å². The molecule has 0 unspecified atom stereocenters. The summed E-state index contributed by atoms with van der Waals surface area (Å²) >= 11 is 0. The van der Waals surface area contributed by atoms with Gasteiger partial charge in [0.2, 0.25) is 0 Å². The maximum atomic E-state index is 10.9. The lowest BCUT2D eigenvalue weighted by Crippen LogP contribution is -2.05. The Balaban J connectivity index is 2.37. The molecule has 2 rings (SSSR count). The monoisotopic (exact) mass is 258 g/mol. The number of rotatable bonds is 5. The molecular weight excluding hydrogens is 240 g/mol. The second-order valence-corrected chi connectivity index (χ2v) is 4.68. The number of carboxylic acids is 1. The molecule has 0 bridgehead atoms. The fourth-order valence-corrected chi connectivity index (χ4v) is 2.33. The summed E-state index contributed by atoms with van der Waals surface area (Å²) in [5, 5.41) is 11.2. The Bertz CT molecular complexity index is 590. The third-order valence-electron chi connectivity index (χ3n) is 3.46. The molecule has 1 atom stereocenters. The molecule has 2 aromatic carbocycles. The first-order chi connectivity index (χ1) is 9.13.